The van der Waals surface area contributed by atoms with Gasteiger partial charge in [-0.05, 0) is 65.9 Å². The largest absolute Gasteiger partial charge is 0.458 e. The number of fused-ring (bicyclic) bond motifs is 1. The molecule has 1 heterocycles. The van der Waals surface area contributed by atoms with Crippen LogP contribution in [0.1, 0.15) is 66.9 Å². The summed E-state index contributed by atoms with van der Waals surface area (Å²) in [5.41, 5.74) is -0.384. The first-order valence-electron chi connectivity index (χ1n) is 12.8. The molecule has 1 unspecified atom stereocenters. The van der Waals surface area contributed by atoms with Crippen LogP contribution < -0.4 is 5.32 Å². The van der Waals surface area contributed by atoms with Crippen molar-refractivity contribution in [1.29, 1.82) is 0 Å². The highest BCUT2D eigenvalue weighted by molar-refractivity contribution is 5.86. The molecule has 2 amide bonds. The third-order valence-corrected chi connectivity index (χ3v) is 6.60. The van der Waals surface area contributed by atoms with E-state index in [4.69, 9.17) is 14.2 Å². The van der Waals surface area contributed by atoms with Crippen molar-refractivity contribution in [3.8, 4) is 0 Å². The first kappa shape index (κ1) is 28.0. The number of amides is 2. The second-order valence-electron chi connectivity index (χ2n) is 12.0. The Bertz CT molecular complexity index is 936. The number of esters is 1. The predicted molar refractivity (Wildman–Crippen MR) is 136 cm³/mol. The van der Waals surface area contributed by atoms with Crippen molar-refractivity contribution in [2.24, 2.45) is 11.8 Å². The lowest BCUT2D eigenvalue weighted by molar-refractivity contribution is -0.159. The number of nitrogens with zero attached hydrogens (tertiary/aromatic N) is 1. The number of piperidine rings is 1. The van der Waals surface area contributed by atoms with Crippen molar-refractivity contribution in [2.75, 3.05) is 7.11 Å². The van der Waals surface area contributed by atoms with Gasteiger partial charge in [0.1, 0.15) is 17.2 Å². The van der Waals surface area contributed by atoms with Crippen LogP contribution in [0.3, 0.4) is 0 Å². The van der Waals surface area contributed by atoms with Crippen LogP contribution in [0.5, 0.6) is 0 Å². The van der Waals surface area contributed by atoms with Crippen molar-refractivity contribution in [1.82, 2.24) is 10.2 Å². The molecule has 36 heavy (non-hydrogen) atoms. The first-order valence-corrected chi connectivity index (χ1v) is 12.8. The van der Waals surface area contributed by atoms with Crippen LogP contribution in [-0.4, -0.2) is 65.4 Å². The second-order valence-corrected chi connectivity index (χ2v) is 12.0. The standard InChI is InChI=1S/C28H42N2O6/c1-17(23(34-8)22-16-19-15-21(19)30(22)26(33)36-28(5,6)7)24(31)29-20(25(32)35-27(2,3)4)14-18-12-10-9-11-13-18/h9-13,17,19-23H,14-16H2,1-8H3,(H,29,31)/t17-,19+,20?,21+,22+,23-/m1/s1. The molecular weight excluding hydrogens is 460 g/mol. The predicted octanol–water partition coefficient (Wildman–Crippen LogP) is 4.10. The van der Waals surface area contributed by atoms with E-state index in [0.717, 1.165) is 18.4 Å². The van der Waals surface area contributed by atoms with Gasteiger partial charge >= 0.3 is 12.1 Å². The quantitative estimate of drug-likeness (QED) is 0.538. The van der Waals surface area contributed by atoms with Gasteiger partial charge in [0.15, 0.2) is 0 Å². The number of carbonyl (C=O) groups is 3. The highest BCUT2D eigenvalue weighted by Crippen LogP contribution is 2.50. The number of nitrogens with one attached hydrogen (secondary N) is 1. The van der Waals surface area contributed by atoms with E-state index >= 15 is 0 Å². The topological polar surface area (TPSA) is 94.2 Å². The van der Waals surface area contributed by atoms with Gasteiger partial charge in [-0.2, -0.15) is 0 Å². The lowest BCUT2D eigenvalue weighted by atomic mass is 9.93. The van der Waals surface area contributed by atoms with Crippen LogP contribution in [0.15, 0.2) is 30.3 Å². The SMILES string of the molecule is CO[C@H]([C@@H](C)C(=O)NC(Cc1ccccc1)C(=O)OC(C)(C)C)[C@@H]1C[C@@H]2C[C@@H]2N1C(=O)OC(C)(C)C. The summed E-state index contributed by atoms with van der Waals surface area (Å²) < 4.78 is 17.1. The molecule has 8 nitrogen and oxygen atoms in total. The second kappa shape index (κ2) is 10.8. The van der Waals surface area contributed by atoms with Gasteiger partial charge in [0.2, 0.25) is 5.91 Å². The summed E-state index contributed by atoms with van der Waals surface area (Å²) in [5.74, 6) is -1.01. The maximum Gasteiger partial charge on any atom is 0.410 e. The van der Waals surface area contributed by atoms with E-state index in [2.05, 4.69) is 5.32 Å². The molecule has 8 heteroatoms. The maximum atomic E-state index is 13.4. The number of carbonyl (C=O) groups excluding carboxylic acids is 3. The molecule has 0 bridgehead atoms. The molecule has 3 rings (SSSR count). The number of rotatable bonds is 8. The zero-order valence-corrected chi connectivity index (χ0v) is 22.9. The van der Waals surface area contributed by atoms with Gasteiger partial charge in [-0.3, -0.25) is 9.69 Å². The van der Waals surface area contributed by atoms with Gasteiger partial charge < -0.3 is 19.5 Å². The Morgan fingerprint density at radius 1 is 1.00 bits per heavy atom. The number of benzene rings is 1. The van der Waals surface area contributed by atoms with E-state index in [1.165, 1.54) is 0 Å². The Morgan fingerprint density at radius 3 is 2.17 bits per heavy atom. The highest BCUT2D eigenvalue weighted by Gasteiger charge is 2.58. The molecule has 200 valence electrons. The molecule has 0 radical (unpaired) electrons. The summed E-state index contributed by atoms with van der Waals surface area (Å²) in [7, 11) is 1.56. The van der Waals surface area contributed by atoms with Gasteiger partial charge in [0.25, 0.3) is 0 Å². The van der Waals surface area contributed by atoms with Gasteiger partial charge in [-0.15, -0.1) is 0 Å². The molecule has 1 saturated carbocycles. The third kappa shape index (κ3) is 7.21. The van der Waals surface area contributed by atoms with E-state index in [0.29, 0.717) is 12.3 Å². The number of ether oxygens (including phenoxy) is 3. The molecule has 1 aromatic rings. The lowest BCUT2D eigenvalue weighted by Gasteiger charge is -2.36. The minimum atomic E-state index is -0.849. The number of hydrogen-bond acceptors (Lipinski definition) is 6. The summed E-state index contributed by atoms with van der Waals surface area (Å²) in [4.78, 5) is 41.2. The molecule has 1 aliphatic carbocycles. The summed E-state index contributed by atoms with van der Waals surface area (Å²) in [6.45, 7) is 12.7. The number of methoxy groups -OCH3 is 1. The van der Waals surface area contributed by atoms with Crippen LogP contribution in [-0.2, 0) is 30.2 Å². The van der Waals surface area contributed by atoms with Gasteiger partial charge in [0, 0.05) is 19.6 Å². The maximum absolute atomic E-state index is 13.4. The fourth-order valence-electron chi connectivity index (χ4n) is 4.94. The average molecular weight is 503 g/mol. The summed E-state index contributed by atoms with van der Waals surface area (Å²) in [6.07, 6.45) is 1.11. The molecule has 2 aliphatic rings. The lowest BCUT2D eigenvalue weighted by Crippen LogP contribution is -2.54. The van der Waals surface area contributed by atoms with E-state index in [-0.39, 0.29) is 24.1 Å². The van der Waals surface area contributed by atoms with E-state index in [1.54, 1.807) is 39.7 Å². The van der Waals surface area contributed by atoms with Crippen LogP contribution in [0, 0.1) is 11.8 Å². The van der Waals surface area contributed by atoms with E-state index in [1.807, 2.05) is 51.1 Å². The molecule has 6 atom stereocenters. The molecular formula is C28H42N2O6. The van der Waals surface area contributed by atoms with Gasteiger partial charge in [-0.25, -0.2) is 9.59 Å². The van der Waals surface area contributed by atoms with Crippen molar-refractivity contribution < 1.29 is 28.6 Å². The first-order chi connectivity index (χ1) is 16.7. The molecule has 2 fully saturated rings. The minimum Gasteiger partial charge on any atom is -0.458 e. The fourth-order valence-corrected chi connectivity index (χ4v) is 4.94. The molecule has 1 aliphatic heterocycles. The van der Waals surface area contributed by atoms with Crippen molar-refractivity contribution >= 4 is 18.0 Å². The van der Waals surface area contributed by atoms with Crippen LogP contribution in [0.2, 0.25) is 0 Å². The molecule has 1 saturated heterocycles. The van der Waals surface area contributed by atoms with E-state index in [9.17, 15) is 14.4 Å². The van der Waals surface area contributed by atoms with Gasteiger partial charge in [0.05, 0.1) is 18.1 Å². The smallest absolute Gasteiger partial charge is 0.410 e. The number of hydrogen-bond donors (Lipinski definition) is 1. The van der Waals surface area contributed by atoms with Crippen molar-refractivity contribution in [2.45, 2.75) is 103 Å². The molecule has 1 N–H and O–H groups in total. The van der Waals surface area contributed by atoms with E-state index < -0.39 is 35.2 Å². The number of likely N-dealkylation sites (tertiary alicyclic amines) is 1. The average Bonchev–Trinajstić information content (AvgIpc) is 3.41. The zero-order chi connectivity index (χ0) is 26.8. The normalized spacial score (nSPS) is 23.8. The minimum absolute atomic E-state index is 0.130. The molecule has 0 aromatic heterocycles. The van der Waals surface area contributed by atoms with Crippen LogP contribution in [0.25, 0.3) is 0 Å². The van der Waals surface area contributed by atoms with Crippen LogP contribution in [0.4, 0.5) is 4.79 Å². The Hall–Kier alpha value is -2.61. The summed E-state index contributed by atoms with van der Waals surface area (Å²) >= 11 is 0. The summed E-state index contributed by atoms with van der Waals surface area (Å²) in [6, 6.07) is 8.51. The van der Waals surface area contributed by atoms with Crippen LogP contribution >= 0.6 is 0 Å². The molecule has 1 aromatic carbocycles. The zero-order valence-electron chi connectivity index (χ0n) is 22.9. The Balaban J connectivity index is 1.75. The Labute approximate surface area is 215 Å². The Morgan fingerprint density at radius 2 is 1.61 bits per heavy atom. The monoisotopic (exact) mass is 502 g/mol. The third-order valence-electron chi connectivity index (χ3n) is 6.60. The highest BCUT2D eigenvalue weighted by atomic mass is 16.6. The fraction of sp³-hybridized carbons (Fsp3) is 0.679. The van der Waals surface area contributed by atoms with Crippen molar-refractivity contribution in [3.05, 3.63) is 35.9 Å². The Kier molecular flexibility index (Phi) is 8.38. The summed E-state index contributed by atoms with van der Waals surface area (Å²) in [5, 5.41) is 2.90. The molecule has 0 spiro atoms. The van der Waals surface area contributed by atoms with Gasteiger partial charge in [-0.1, -0.05) is 37.3 Å². The van der Waals surface area contributed by atoms with Crippen molar-refractivity contribution in [3.63, 3.8) is 0 Å².